The number of carbonyl (C=O) groups is 1. The van der Waals surface area contributed by atoms with Crippen molar-refractivity contribution in [1.82, 2.24) is 0 Å². The summed E-state index contributed by atoms with van der Waals surface area (Å²) < 4.78 is 0.997. The highest BCUT2D eigenvalue weighted by Crippen LogP contribution is 2.25. The zero-order chi connectivity index (χ0) is 8.27. The first kappa shape index (κ1) is 8.93. The molecular formula is C6H10N2OS2. The largest absolute Gasteiger partial charge is 0.369 e. The average Bonchev–Trinajstić information content (AvgIpc) is 2.39. The maximum absolute atomic E-state index is 10.6. The van der Waals surface area contributed by atoms with Gasteiger partial charge in [-0.2, -0.15) is 0 Å². The Balaban J connectivity index is 2.35. The Morgan fingerprint density at radius 1 is 1.91 bits per heavy atom. The molecule has 1 aliphatic rings. The van der Waals surface area contributed by atoms with Crippen LogP contribution in [0.5, 0.6) is 0 Å². The molecule has 3 nitrogen and oxygen atoms in total. The van der Waals surface area contributed by atoms with Gasteiger partial charge in [-0.05, 0) is 6.92 Å². The molecule has 1 heterocycles. The molecule has 62 valence electrons. The number of hydrogen-bond donors (Lipinski definition) is 1. The van der Waals surface area contributed by atoms with E-state index < -0.39 is 0 Å². The lowest BCUT2D eigenvalue weighted by Gasteiger charge is -2.04. The molecule has 0 bridgehead atoms. The summed E-state index contributed by atoms with van der Waals surface area (Å²) in [6.07, 6.45) is 0. The van der Waals surface area contributed by atoms with Gasteiger partial charge in [-0.3, -0.25) is 9.79 Å². The first-order valence-corrected chi connectivity index (χ1v) is 5.20. The van der Waals surface area contributed by atoms with Crippen LogP contribution in [-0.2, 0) is 4.79 Å². The van der Waals surface area contributed by atoms with Crippen LogP contribution in [0.3, 0.4) is 0 Å². The molecular weight excluding hydrogens is 180 g/mol. The van der Waals surface area contributed by atoms with Gasteiger partial charge in [0, 0.05) is 5.75 Å². The molecule has 0 aromatic rings. The van der Waals surface area contributed by atoms with E-state index in [4.69, 9.17) is 5.73 Å². The third-order valence-corrected chi connectivity index (χ3v) is 3.56. The third kappa shape index (κ3) is 2.75. The maximum Gasteiger partial charge on any atom is 0.230 e. The van der Waals surface area contributed by atoms with Crippen molar-refractivity contribution in [2.24, 2.45) is 10.7 Å². The van der Waals surface area contributed by atoms with Crippen LogP contribution in [-0.4, -0.2) is 27.8 Å². The number of amides is 1. The van der Waals surface area contributed by atoms with Crippen LogP contribution in [0.15, 0.2) is 4.99 Å². The molecule has 2 N–H and O–H groups in total. The molecule has 5 heteroatoms. The fraction of sp³-hybridized carbons (Fsp3) is 0.667. The minimum atomic E-state index is -0.273. The summed E-state index contributed by atoms with van der Waals surface area (Å²) in [7, 11) is 0. The maximum atomic E-state index is 10.6. The zero-order valence-corrected chi connectivity index (χ0v) is 7.87. The molecule has 11 heavy (non-hydrogen) atoms. The highest BCUT2D eigenvalue weighted by atomic mass is 32.2. The van der Waals surface area contributed by atoms with Crippen LogP contribution < -0.4 is 5.73 Å². The van der Waals surface area contributed by atoms with Crippen molar-refractivity contribution in [1.29, 1.82) is 0 Å². The van der Waals surface area contributed by atoms with Crippen molar-refractivity contribution >= 4 is 33.8 Å². The predicted octanol–water partition coefficient (Wildman–Crippen LogP) is 0.696. The number of primary amides is 1. The summed E-state index contributed by atoms with van der Waals surface area (Å²) in [5.74, 6) is 0.763. The van der Waals surface area contributed by atoms with Gasteiger partial charge < -0.3 is 5.73 Å². The molecule has 0 aromatic heterocycles. The van der Waals surface area contributed by atoms with E-state index in [1.54, 1.807) is 18.7 Å². The molecule has 0 spiro atoms. The molecule has 0 saturated heterocycles. The number of hydrogen-bond acceptors (Lipinski definition) is 4. The van der Waals surface area contributed by atoms with Gasteiger partial charge in [-0.25, -0.2) is 0 Å². The minimum absolute atomic E-state index is 0.153. The Labute approximate surface area is 74.2 Å². The molecule has 0 radical (unpaired) electrons. The molecule has 0 saturated carbocycles. The number of carbonyl (C=O) groups excluding carboxylic acids is 1. The van der Waals surface area contributed by atoms with E-state index in [1.807, 2.05) is 0 Å². The molecule has 0 aliphatic carbocycles. The predicted molar refractivity (Wildman–Crippen MR) is 51.0 cm³/mol. The average molecular weight is 190 g/mol. The van der Waals surface area contributed by atoms with Crippen LogP contribution in [0.4, 0.5) is 0 Å². The number of aliphatic imine (C=N–C) groups is 1. The van der Waals surface area contributed by atoms with E-state index in [-0.39, 0.29) is 11.2 Å². The van der Waals surface area contributed by atoms with E-state index in [0.29, 0.717) is 0 Å². The number of nitrogens with zero attached hydrogens (tertiary/aromatic N) is 1. The standard InChI is InChI=1S/C6H10N2OS2/c1-4(5(7)9)11-6-8-2-3-10-6/h4H,2-3H2,1H3,(H2,7,9). The van der Waals surface area contributed by atoms with Crippen LogP contribution in [0.2, 0.25) is 0 Å². The van der Waals surface area contributed by atoms with Crippen molar-refractivity contribution < 1.29 is 4.79 Å². The summed E-state index contributed by atoms with van der Waals surface area (Å²) in [6.45, 7) is 2.67. The second kappa shape index (κ2) is 4.01. The fourth-order valence-electron chi connectivity index (χ4n) is 0.596. The Bertz CT molecular complexity index is 193. The number of thioether (sulfide) groups is 2. The SMILES string of the molecule is CC(SC1=NCCS1)C(N)=O. The fourth-order valence-corrected chi connectivity index (χ4v) is 2.68. The van der Waals surface area contributed by atoms with Gasteiger partial charge in [0.1, 0.15) is 4.38 Å². The van der Waals surface area contributed by atoms with Crippen LogP contribution >= 0.6 is 23.5 Å². The Morgan fingerprint density at radius 2 is 2.64 bits per heavy atom. The van der Waals surface area contributed by atoms with E-state index in [2.05, 4.69) is 4.99 Å². The Kier molecular flexibility index (Phi) is 3.26. The number of nitrogens with two attached hydrogens (primary N) is 1. The minimum Gasteiger partial charge on any atom is -0.369 e. The molecule has 1 rings (SSSR count). The van der Waals surface area contributed by atoms with Crippen molar-refractivity contribution in [2.45, 2.75) is 12.2 Å². The molecule has 0 aromatic carbocycles. The normalized spacial score (nSPS) is 19.5. The topological polar surface area (TPSA) is 55.4 Å². The zero-order valence-electron chi connectivity index (χ0n) is 6.24. The van der Waals surface area contributed by atoms with Crippen LogP contribution in [0.1, 0.15) is 6.92 Å². The summed E-state index contributed by atoms with van der Waals surface area (Å²) in [5, 5.41) is -0.153. The van der Waals surface area contributed by atoms with E-state index >= 15 is 0 Å². The van der Waals surface area contributed by atoms with Gasteiger partial charge in [0.2, 0.25) is 5.91 Å². The second-order valence-electron chi connectivity index (χ2n) is 2.16. The van der Waals surface area contributed by atoms with Crippen molar-refractivity contribution in [3.05, 3.63) is 0 Å². The summed E-state index contributed by atoms with van der Waals surface area (Å²) in [4.78, 5) is 14.8. The summed E-state index contributed by atoms with van der Waals surface area (Å²) >= 11 is 3.15. The molecule has 1 amide bonds. The lowest BCUT2D eigenvalue weighted by atomic mass is 10.5. The summed E-state index contributed by atoms with van der Waals surface area (Å²) in [5.41, 5.74) is 5.09. The molecule has 1 unspecified atom stereocenters. The second-order valence-corrected chi connectivity index (χ2v) is 4.83. The quantitative estimate of drug-likeness (QED) is 0.697. The van der Waals surface area contributed by atoms with Crippen molar-refractivity contribution in [3.8, 4) is 0 Å². The highest BCUT2D eigenvalue weighted by Gasteiger charge is 2.15. The van der Waals surface area contributed by atoms with E-state index in [9.17, 15) is 4.79 Å². The number of rotatable bonds is 2. The smallest absolute Gasteiger partial charge is 0.230 e. The monoisotopic (exact) mass is 190 g/mol. The van der Waals surface area contributed by atoms with Gasteiger partial charge in [0.15, 0.2) is 0 Å². The van der Waals surface area contributed by atoms with Crippen molar-refractivity contribution in [2.75, 3.05) is 12.3 Å². The van der Waals surface area contributed by atoms with Gasteiger partial charge in [0.25, 0.3) is 0 Å². The van der Waals surface area contributed by atoms with E-state index in [0.717, 1.165) is 16.7 Å². The highest BCUT2D eigenvalue weighted by molar-refractivity contribution is 8.39. The van der Waals surface area contributed by atoms with Crippen LogP contribution in [0.25, 0.3) is 0 Å². The van der Waals surface area contributed by atoms with Gasteiger partial charge in [-0.1, -0.05) is 23.5 Å². The van der Waals surface area contributed by atoms with Gasteiger partial charge in [-0.15, -0.1) is 0 Å². The first-order chi connectivity index (χ1) is 5.20. The van der Waals surface area contributed by atoms with Crippen molar-refractivity contribution in [3.63, 3.8) is 0 Å². The Hall–Kier alpha value is -0.160. The third-order valence-electron chi connectivity index (χ3n) is 1.24. The summed E-state index contributed by atoms with van der Waals surface area (Å²) in [6, 6.07) is 0. The Morgan fingerprint density at radius 3 is 3.09 bits per heavy atom. The molecule has 1 atom stereocenters. The lowest BCUT2D eigenvalue weighted by Crippen LogP contribution is -2.23. The molecule has 1 aliphatic heterocycles. The van der Waals surface area contributed by atoms with Crippen LogP contribution in [0, 0.1) is 0 Å². The lowest BCUT2D eigenvalue weighted by molar-refractivity contribution is -0.117. The van der Waals surface area contributed by atoms with Gasteiger partial charge >= 0.3 is 0 Å². The van der Waals surface area contributed by atoms with E-state index in [1.165, 1.54) is 11.8 Å². The molecule has 0 fully saturated rings. The van der Waals surface area contributed by atoms with Gasteiger partial charge in [0.05, 0.1) is 11.8 Å². The first-order valence-electron chi connectivity index (χ1n) is 3.33.